The number of esters is 2. The van der Waals surface area contributed by atoms with E-state index in [0.29, 0.717) is 60.7 Å². The number of nitrogens with zero attached hydrogens (tertiary/aromatic N) is 4. The van der Waals surface area contributed by atoms with E-state index >= 15 is 19.2 Å². The van der Waals surface area contributed by atoms with E-state index in [1.165, 1.54) is 19.2 Å². The van der Waals surface area contributed by atoms with Crippen LogP contribution in [-0.2, 0) is 40.6 Å². The van der Waals surface area contributed by atoms with Crippen molar-refractivity contribution in [3.63, 3.8) is 0 Å². The number of ether oxygens (including phenoxy) is 4. The molecular formula is C61H63N5O11. The van der Waals surface area contributed by atoms with Crippen LogP contribution in [0.4, 0.5) is 10.5 Å². The summed E-state index contributed by atoms with van der Waals surface area (Å²) >= 11 is 0. The number of carbonyl (C=O) groups excluding carboxylic acids is 5. The van der Waals surface area contributed by atoms with E-state index in [2.05, 4.69) is 22.1 Å². The second-order valence-electron chi connectivity index (χ2n) is 21.4. The quantitative estimate of drug-likeness (QED) is 0.0750. The lowest BCUT2D eigenvalue weighted by atomic mass is 9.64. The van der Waals surface area contributed by atoms with E-state index < -0.39 is 82.9 Å². The van der Waals surface area contributed by atoms with Gasteiger partial charge in [-0.25, -0.2) is 14.5 Å². The molecule has 16 heteroatoms. The summed E-state index contributed by atoms with van der Waals surface area (Å²) in [6.07, 6.45) is 3.62. The molecule has 0 unspecified atom stereocenters. The summed E-state index contributed by atoms with van der Waals surface area (Å²) in [6.45, 7) is 5.59. The Morgan fingerprint density at radius 3 is 2.13 bits per heavy atom. The number of carbonyl (C=O) groups is 5. The van der Waals surface area contributed by atoms with Crippen molar-refractivity contribution in [2.75, 3.05) is 45.0 Å². The number of urea groups is 1. The average molecular weight is 1040 g/mol. The van der Waals surface area contributed by atoms with Crippen molar-refractivity contribution in [3.8, 4) is 29.1 Å². The van der Waals surface area contributed by atoms with Gasteiger partial charge in [-0.1, -0.05) is 117 Å². The molecule has 5 aromatic rings. The molecule has 4 amide bonds. The van der Waals surface area contributed by atoms with Gasteiger partial charge in [0.05, 0.1) is 30.8 Å². The minimum atomic E-state index is -2.11. The van der Waals surface area contributed by atoms with Crippen LogP contribution in [0.5, 0.6) is 17.2 Å². The molecule has 1 spiro atoms. The van der Waals surface area contributed by atoms with Crippen LogP contribution in [0.1, 0.15) is 104 Å². The Labute approximate surface area is 447 Å². The van der Waals surface area contributed by atoms with Crippen molar-refractivity contribution in [3.05, 3.63) is 155 Å². The molecule has 0 bridgehead atoms. The third-order valence-corrected chi connectivity index (χ3v) is 16.4. The molecule has 5 heterocycles. The number of imide groups is 1. The van der Waals surface area contributed by atoms with Crippen molar-refractivity contribution < 1.29 is 53.1 Å². The normalized spacial score (nSPS) is 25.0. The monoisotopic (exact) mass is 1040 g/mol. The lowest BCUT2D eigenvalue weighted by molar-refractivity contribution is -0.179. The Hall–Kier alpha value is -7.71. The van der Waals surface area contributed by atoms with Crippen LogP contribution < -0.4 is 19.7 Å². The fourth-order valence-corrected chi connectivity index (χ4v) is 12.7. The van der Waals surface area contributed by atoms with Crippen molar-refractivity contribution in [2.24, 2.45) is 11.8 Å². The molecular weight excluding hydrogens is 979 g/mol. The summed E-state index contributed by atoms with van der Waals surface area (Å²) in [4.78, 5) is 84.6. The Bertz CT molecular complexity index is 3130. The highest BCUT2D eigenvalue weighted by molar-refractivity contribution is 6.25. The molecule has 16 nitrogen and oxygen atoms in total. The maximum Gasteiger partial charge on any atom is 0.329 e. The van der Waals surface area contributed by atoms with Crippen LogP contribution in [-0.4, -0.2) is 112 Å². The number of amides is 4. The summed E-state index contributed by atoms with van der Waals surface area (Å²) in [7, 11) is 1.22. The van der Waals surface area contributed by atoms with Crippen LogP contribution in [0.3, 0.4) is 0 Å². The Kier molecular flexibility index (Phi) is 14.0. The van der Waals surface area contributed by atoms with Crippen LogP contribution in [0.2, 0.25) is 0 Å². The van der Waals surface area contributed by atoms with E-state index in [0.717, 1.165) is 41.7 Å². The van der Waals surface area contributed by atoms with Gasteiger partial charge in [-0.05, 0) is 102 Å². The van der Waals surface area contributed by atoms with Gasteiger partial charge in [-0.15, -0.1) is 0 Å². The number of nitrogens with one attached hydrogen (secondary N) is 1. The number of cyclic esters (lactones) is 1. The Morgan fingerprint density at radius 1 is 0.779 bits per heavy atom. The number of benzene rings is 5. The fourth-order valence-electron chi connectivity index (χ4n) is 12.7. The molecule has 7 atom stereocenters. The standard InChI is InChI=1S/C61H63N5O11/c1-38(2)50(56(69)74-3)62-59(72)65-46-24-18-39(26-29-60(73)27-12-4-5-13-28-60)34-45(46)61(58(65)71)49(55(68)64-32-30-63(31-33-64)36-40-19-25-47-48(35-40)76-37-75-47)52-57(70)77-53(42-16-10-7-11-17-42)51(41-14-8-6-9-15-41)66(52)54(61)43-20-22-44(67)23-21-43/h6-11,14-25,34-35,38,49-54,67,73H,4-5,12-13,27-28,30-33,36-37H2,1-3H3,(H,62,72)/t49-,50-,51-,52-,53+,54+,61-/m0/s1. The zero-order chi connectivity index (χ0) is 53.6. The fraction of sp³-hybridized carbons (Fsp3) is 0.393. The van der Waals surface area contributed by atoms with Gasteiger partial charge in [-0.2, -0.15) is 0 Å². The van der Waals surface area contributed by atoms with E-state index in [-0.39, 0.29) is 36.9 Å². The first-order valence-corrected chi connectivity index (χ1v) is 26.7. The average Bonchev–Trinajstić information content (AvgIpc) is 3.46. The number of anilines is 1. The number of methoxy groups -OCH3 is 1. The minimum absolute atomic E-state index is 0.0564. The van der Waals surface area contributed by atoms with E-state index in [9.17, 15) is 15.0 Å². The molecule has 11 rings (SSSR count). The largest absolute Gasteiger partial charge is 0.508 e. The van der Waals surface area contributed by atoms with Crippen LogP contribution in [0.25, 0.3) is 0 Å². The number of morpholine rings is 1. The van der Waals surface area contributed by atoms with Gasteiger partial charge < -0.3 is 39.4 Å². The van der Waals surface area contributed by atoms with Gasteiger partial charge in [0.25, 0.3) is 0 Å². The molecule has 0 radical (unpaired) electrons. The van der Waals surface area contributed by atoms with E-state index in [4.69, 9.17) is 18.9 Å². The molecule has 5 aromatic carbocycles. The van der Waals surface area contributed by atoms with Crippen molar-refractivity contribution in [2.45, 2.75) is 100 Å². The number of rotatable bonds is 9. The molecule has 398 valence electrons. The number of fused-ring (bicyclic) bond motifs is 4. The van der Waals surface area contributed by atoms with Gasteiger partial charge >= 0.3 is 18.0 Å². The number of aromatic hydroxyl groups is 1. The van der Waals surface area contributed by atoms with Crippen LogP contribution in [0, 0.1) is 23.7 Å². The molecule has 5 aliphatic heterocycles. The summed E-state index contributed by atoms with van der Waals surface area (Å²) in [5.41, 5.74) is 0.295. The number of aliphatic hydroxyl groups is 1. The lowest BCUT2D eigenvalue weighted by Crippen LogP contribution is -2.59. The van der Waals surface area contributed by atoms with Gasteiger partial charge in [0.1, 0.15) is 35.0 Å². The van der Waals surface area contributed by atoms with Crippen LogP contribution in [0.15, 0.2) is 121 Å². The van der Waals surface area contributed by atoms with Crippen molar-refractivity contribution in [1.82, 2.24) is 20.0 Å². The third kappa shape index (κ3) is 9.34. The second-order valence-corrected chi connectivity index (χ2v) is 21.4. The number of phenolic OH excluding ortho intramolecular Hbond substituents is 1. The SMILES string of the molecule is COC(=O)[C@@H](NC(=O)N1C(=O)[C@@]2(c3cc(C#CC4(O)CCCCCC4)ccc31)[C@H](C(=O)N1CCN(Cc3ccc4c(c3)OCO4)CC1)[C@H]1C(=O)O[C@H](c3ccccc3)[C@H](c3ccccc3)N1[C@@H]2c1ccc(O)cc1)C(C)C. The van der Waals surface area contributed by atoms with E-state index in [1.807, 2.05) is 83.8 Å². The van der Waals surface area contributed by atoms with E-state index in [1.54, 1.807) is 49.1 Å². The first-order valence-electron chi connectivity index (χ1n) is 26.7. The van der Waals surface area contributed by atoms with Gasteiger partial charge in [-0.3, -0.25) is 24.2 Å². The highest BCUT2D eigenvalue weighted by Crippen LogP contribution is 2.66. The molecule has 0 aromatic heterocycles. The Morgan fingerprint density at radius 2 is 1.45 bits per heavy atom. The third-order valence-electron chi connectivity index (χ3n) is 16.4. The maximum absolute atomic E-state index is 16.9. The summed E-state index contributed by atoms with van der Waals surface area (Å²) < 4.78 is 23.0. The van der Waals surface area contributed by atoms with Gasteiger partial charge in [0.2, 0.25) is 18.6 Å². The number of hydrogen-bond acceptors (Lipinski definition) is 13. The zero-order valence-corrected chi connectivity index (χ0v) is 43.4. The first-order chi connectivity index (χ1) is 37.3. The molecule has 1 saturated carbocycles. The van der Waals surface area contributed by atoms with Crippen LogP contribution >= 0.6 is 0 Å². The predicted octanol–water partition coefficient (Wildman–Crippen LogP) is 7.47. The van der Waals surface area contributed by atoms with Crippen molar-refractivity contribution in [1.29, 1.82) is 0 Å². The summed E-state index contributed by atoms with van der Waals surface area (Å²) in [6, 6.07) is 30.5. The molecule has 6 aliphatic rings. The van der Waals surface area contributed by atoms with Gasteiger partial charge in [0, 0.05) is 38.3 Å². The number of hydrogen-bond donors (Lipinski definition) is 3. The summed E-state index contributed by atoms with van der Waals surface area (Å²) in [5.74, 6) is 2.94. The lowest BCUT2D eigenvalue weighted by Gasteiger charge is -2.46. The Balaban J connectivity index is 1.12. The summed E-state index contributed by atoms with van der Waals surface area (Å²) in [5, 5.41) is 25.5. The molecule has 4 fully saturated rings. The molecule has 1 aliphatic carbocycles. The highest BCUT2D eigenvalue weighted by atomic mass is 16.7. The molecule has 3 N–H and O–H groups in total. The minimum Gasteiger partial charge on any atom is -0.508 e. The predicted molar refractivity (Wildman–Crippen MR) is 283 cm³/mol. The first kappa shape index (κ1) is 51.4. The molecule has 3 saturated heterocycles. The topological polar surface area (TPSA) is 188 Å². The van der Waals surface area contributed by atoms with Gasteiger partial charge in [0.15, 0.2) is 11.5 Å². The van der Waals surface area contributed by atoms with Crippen molar-refractivity contribution >= 4 is 35.5 Å². The molecule has 77 heavy (non-hydrogen) atoms. The number of piperazine rings is 1. The smallest absolute Gasteiger partial charge is 0.329 e. The maximum atomic E-state index is 16.9. The zero-order valence-electron chi connectivity index (χ0n) is 43.4. The number of phenols is 1. The second kappa shape index (κ2) is 21.0. The highest BCUT2D eigenvalue weighted by Gasteiger charge is 2.76.